The van der Waals surface area contributed by atoms with Crippen molar-refractivity contribution in [1.82, 2.24) is 10.6 Å². The second-order valence-electron chi connectivity index (χ2n) is 5.40. The van der Waals surface area contributed by atoms with Gasteiger partial charge in [-0.2, -0.15) is 0 Å². The minimum absolute atomic E-state index is 0.106. The van der Waals surface area contributed by atoms with Crippen LogP contribution in [-0.4, -0.2) is 29.5 Å². The molecule has 2 rings (SSSR count). The molecular weight excluding hydrogens is 268 g/mol. The summed E-state index contributed by atoms with van der Waals surface area (Å²) in [7, 11) is 0. The van der Waals surface area contributed by atoms with Crippen molar-refractivity contribution < 1.29 is 10.0 Å². The molecule has 0 aliphatic heterocycles. The summed E-state index contributed by atoms with van der Waals surface area (Å²) >= 11 is 0. The van der Waals surface area contributed by atoms with E-state index in [1.807, 2.05) is 25.1 Å². The number of aryl methyl sites for hydroxylation is 1. The lowest BCUT2D eigenvalue weighted by Gasteiger charge is -2.09. The number of amidine groups is 1. The lowest BCUT2D eigenvalue weighted by molar-refractivity contribution is -0.121. The highest BCUT2D eigenvalue weighted by Gasteiger charge is 2.22. The summed E-state index contributed by atoms with van der Waals surface area (Å²) in [6.45, 7) is 3.32. The Morgan fingerprint density at radius 3 is 2.86 bits per heavy atom. The van der Waals surface area contributed by atoms with Crippen molar-refractivity contribution in [1.29, 1.82) is 0 Å². The van der Waals surface area contributed by atoms with Gasteiger partial charge in [-0.15, -0.1) is 0 Å². The molecule has 0 saturated heterocycles. The van der Waals surface area contributed by atoms with Crippen LogP contribution in [0.4, 0.5) is 0 Å². The zero-order valence-corrected chi connectivity index (χ0v) is 12.2. The van der Waals surface area contributed by atoms with Gasteiger partial charge >= 0.3 is 0 Å². The number of carbonyl (C=O) groups is 1. The van der Waals surface area contributed by atoms with Crippen molar-refractivity contribution in [3.8, 4) is 0 Å². The van der Waals surface area contributed by atoms with E-state index in [1.165, 1.54) is 0 Å². The maximum atomic E-state index is 11.5. The zero-order valence-electron chi connectivity index (χ0n) is 12.2. The number of rotatable bonds is 7. The van der Waals surface area contributed by atoms with Gasteiger partial charge in [0.1, 0.15) is 0 Å². The van der Waals surface area contributed by atoms with Gasteiger partial charge in [0.15, 0.2) is 5.84 Å². The zero-order chi connectivity index (χ0) is 15.2. The molecule has 5 N–H and O–H groups in total. The second-order valence-corrected chi connectivity index (χ2v) is 5.40. The van der Waals surface area contributed by atoms with Crippen molar-refractivity contribution in [2.75, 3.05) is 6.54 Å². The summed E-state index contributed by atoms with van der Waals surface area (Å²) in [5, 5.41) is 17.9. The molecule has 1 amide bonds. The maximum absolute atomic E-state index is 11.5. The molecule has 6 nitrogen and oxygen atoms in total. The number of oxime groups is 1. The smallest absolute Gasteiger partial charge is 0.221 e. The quantitative estimate of drug-likeness (QED) is 0.197. The highest BCUT2D eigenvalue weighted by molar-refractivity contribution is 5.97. The minimum atomic E-state index is 0.106. The Hall–Kier alpha value is -2.08. The summed E-state index contributed by atoms with van der Waals surface area (Å²) in [5.41, 5.74) is 8.45. The third-order valence-corrected chi connectivity index (χ3v) is 3.53. The number of nitrogens with one attached hydrogen (secondary N) is 2. The van der Waals surface area contributed by atoms with E-state index >= 15 is 0 Å². The fourth-order valence-corrected chi connectivity index (χ4v) is 2.06. The molecule has 1 aromatic rings. The number of amides is 1. The number of hydrogen-bond acceptors (Lipinski definition) is 4. The lowest BCUT2D eigenvalue weighted by atomic mass is 10.0. The summed E-state index contributed by atoms with van der Waals surface area (Å²) in [6, 6.07) is 6.07. The van der Waals surface area contributed by atoms with E-state index in [-0.39, 0.29) is 11.7 Å². The van der Waals surface area contributed by atoms with Gasteiger partial charge in [-0.25, -0.2) is 0 Å². The Balaban J connectivity index is 1.76. The number of nitrogens with two attached hydrogens (primary N) is 1. The molecule has 0 unspecified atom stereocenters. The fourth-order valence-electron chi connectivity index (χ4n) is 2.06. The van der Waals surface area contributed by atoms with E-state index in [2.05, 4.69) is 15.8 Å². The number of carbonyl (C=O) groups excluding carboxylic acids is 1. The first-order valence-corrected chi connectivity index (χ1v) is 7.17. The van der Waals surface area contributed by atoms with Gasteiger partial charge in [-0.05, 0) is 37.0 Å². The van der Waals surface area contributed by atoms with Gasteiger partial charge in [0.25, 0.3) is 0 Å². The third-order valence-electron chi connectivity index (χ3n) is 3.53. The number of hydrogen-bond donors (Lipinski definition) is 4. The molecule has 1 aliphatic carbocycles. The molecule has 1 aromatic carbocycles. The van der Waals surface area contributed by atoms with Crippen molar-refractivity contribution >= 4 is 11.7 Å². The first-order chi connectivity index (χ1) is 10.1. The summed E-state index contributed by atoms with van der Waals surface area (Å²) < 4.78 is 0. The van der Waals surface area contributed by atoms with Crippen LogP contribution in [0, 0.1) is 6.92 Å². The van der Waals surface area contributed by atoms with Crippen LogP contribution in [0.5, 0.6) is 0 Å². The van der Waals surface area contributed by atoms with Gasteiger partial charge < -0.3 is 21.6 Å². The number of nitrogens with zero attached hydrogens (tertiary/aromatic N) is 1. The SMILES string of the molecule is Cc1cc(/C(N)=N/O)ccc1CNCCC(=O)NC1CC1. The van der Waals surface area contributed by atoms with E-state index in [0.29, 0.717) is 31.1 Å². The molecular formula is C15H22N4O2. The predicted octanol–water partition coefficient (Wildman–Crippen LogP) is 0.848. The van der Waals surface area contributed by atoms with Crippen LogP contribution in [-0.2, 0) is 11.3 Å². The van der Waals surface area contributed by atoms with Crippen molar-refractivity contribution in [2.24, 2.45) is 10.9 Å². The minimum Gasteiger partial charge on any atom is -0.409 e. The second kappa shape index (κ2) is 7.08. The molecule has 1 saturated carbocycles. The van der Waals surface area contributed by atoms with E-state index < -0.39 is 0 Å². The lowest BCUT2D eigenvalue weighted by Crippen LogP contribution is -2.29. The van der Waals surface area contributed by atoms with E-state index in [1.54, 1.807) is 0 Å². The van der Waals surface area contributed by atoms with Gasteiger partial charge in [-0.1, -0.05) is 17.3 Å². The molecule has 0 aromatic heterocycles. The van der Waals surface area contributed by atoms with Crippen LogP contribution in [0.15, 0.2) is 23.4 Å². The first-order valence-electron chi connectivity index (χ1n) is 7.17. The van der Waals surface area contributed by atoms with Crippen LogP contribution in [0.3, 0.4) is 0 Å². The maximum Gasteiger partial charge on any atom is 0.221 e. The summed E-state index contributed by atoms with van der Waals surface area (Å²) in [4.78, 5) is 11.5. The Labute approximate surface area is 124 Å². The van der Waals surface area contributed by atoms with Crippen LogP contribution in [0.2, 0.25) is 0 Å². The van der Waals surface area contributed by atoms with Crippen molar-refractivity contribution in [3.05, 3.63) is 34.9 Å². The van der Waals surface area contributed by atoms with E-state index in [0.717, 1.165) is 24.0 Å². The van der Waals surface area contributed by atoms with Crippen LogP contribution in [0.25, 0.3) is 0 Å². The highest BCUT2D eigenvalue weighted by Crippen LogP contribution is 2.18. The van der Waals surface area contributed by atoms with Crippen LogP contribution < -0.4 is 16.4 Å². The fraction of sp³-hybridized carbons (Fsp3) is 0.467. The molecule has 0 atom stereocenters. The molecule has 0 spiro atoms. The molecule has 0 bridgehead atoms. The standard InChI is InChI=1S/C15H22N4O2/c1-10-8-11(15(16)19-21)2-3-12(10)9-17-7-6-14(20)18-13-4-5-13/h2-3,8,13,17,21H,4-7,9H2,1H3,(H2,16,19)(H,18,20). The topological polar surface area (TPSA) is 99.7 Å². The molecule has 0 radical (unpaired) electrons. The Kier molecular flexibility index (Phi) is 5.16. The largest absolute Gasteiger partial charge is 0.409 e. The summed E-state index contributed by atoms with van der Waals surface area (Å²) in [5.74, 6) is 0.221. The third kappa shape index (κ3) is 4.75. The average Bonchev–Trinajstić information content (AvgIpc) is 3.27. The summed E-state index contributed by atoms with van der Waals surface area (Å²) in [6.07, 6.45) is 2.73. The van der Waals surface area contributed by atoms with Crippen LogP contribution in [0.1, 0.15) is 36.0 Å². The van der Waals surface area contributed by atoms with Crippen molar-refractivity contribution in [2.45, 2.75) is 38.8 Å². The average molecular weight is 290 g/mol. The van der Waals surface area contributed by atoms with Crippen molar-refractivity contribution in [3.63, 3.8) is 0 Å². The molecule has 0 heterocycles. The Bertz CT molecular complexity index is 538. The molecule has 114 valence electrons. The van der Waals surface area contributed by atoms with Gasteiger partial charge in [0.2, 0.25) is 5.91 Å². The first kappa shape index (κ1) is 15.3. The van der Waals surface area contributed by atoms with Gasteiger partial charge in [0, 0.05) is 31.1 Å². The normalized spacial score (nSPS) is 15.0. The number of benzene rings is 1. The molecule has 21 heavy (non-hydrogen) atoms. The van der Waals surface area contributed by atoms with Crippen LogP contribution >= 0.6 is 0 Å². The molecule has 1 aliphatic rings. The van der Waals surface area contributed by atoms with E-state index in [4.69, 9.17) is 10.9 Å². The predicted molar refractivity (Wildman–Crippen MR) is 81.2 cm³/mol. The Morgan fingerprint density at radius 1 is 1.48 bits per heavy atom. The molecule has 6 heteroatoms. The van der Waals surface area contributed by atoms with E-state index in [9.17, 15) is 4.79 Å². The van der Waals surface area contributed by atoms with Gasteiger partial charge in [-0.3, -0.25) is 4.79 Å². The molecule has 1 fully saturated rings. The monoisotopic (exact) mass is 290 g/mol. The highest BCUT2D eigenvalue weighted by atomic mass is 16.4. The van der Waals surface area contributed by atoms with Gasteiger partial charge in [0.05, 0.1) is 0 Å². The Morgan fingerprint density at radius 2 is 2.24 bits per heavy atom.